The zero-order valence-electron chi connectivity index (χ0n) is 12.0. The number of hydrogen-bond acceptors (Lipinski definition) is 2. The molecule has 1 N–H and O–H groups in total. The molecule has 0 atom stereocenters. The fraction of sp³-hybridized carbons (Fsp3) is 0.400. The van der Waals surface area contributed by atoms with E-state index < -0.39 is 11.7 Å². The van der Waals surface area contributed by atoms with Gasteiger partial charge in [-0.1, -0.05) is 13.0 Å². The molecule has 2 aromatic rings. The van der Waals surface area contributed by atoms with E-state index in [-0.39, 0.29) is 5.69 Å². The molecule has 0 unspecified atom stereocenters. The van der Waals surface area contributed by atoms with Crippen LogP contribution in [0.2, 0.25) is 0 Å². The zero-order chi connectivity index (χ0) is 15.5. The summed E-state index contributed by atoms with van der Waals surface area (Å²) in [5, 5.41) is 3.11. The van der Waals surface area contributed by atoms with E-state index in [1.807, 2.05) is 6.92 Å². The lowest BCUT2D eigenvalue weighted by atomic mass is 10.1. The summed E-state index contributed by atoms with van der Waals surface area (Å²) in [5.41, 5.74) is 0.0911. The van der Waals surface area contributed by atoms with Crippen LogP contribution in [0.25, 0.3) is 5.69 Å². The lowest BCUT2D eigenvalue weighted by Crippen LogP contribution is -2.16. The standard InChI is InChI=1S/C15H18F3N3/c1-3-6-19-10-12-4-5-14(13(9-12)15(16,17)18)21-8-7-20-11(21)2/h4-5,7-9,19H,3,6,10H2,1-2H3. The van der Waals surface area contributed by atoms with Crippen LogP contribution in [0.1, 0.15) is 30.3 Å². The molecule has 0 saturated carbocycles. The topological polar surface area (TPSA) is 29.9 Å². The SMILES string of the molecule is CCCNCc1ccc(-n2ccnc2C)c(C(F)(F)F)c1. The summed E-state index contributed by atoms with van der Waals surface area (Å²) in [4.78, 5) is 3.98. The average Bonchev–Trinajstić information content (AvgIpc) is 2.84. The van der Waals surface area contributed by atoms with Crippen molar-refractivity contribution < 1.29 is 13.2 Å². The second kappa shape index (κ2) is 6.30. The normalized spacial score (nSPS) is 11.9. The van der Waals surface area contributed by atoms with Gasteiger partial charge in [0.1, 0.15) is 5.82 Å². The minimum absolute atomic E-state index is 0.108. The van der Waals surface area contributed by atoms with E-state index in [1.54, 1.807) is 13.0 Å². The summed E-state index contributed by atoms with van der Waals surface area (Å²) in [6, 6.07) is 4.42. The van der Waals surface area contributed by atoms with Crippen molar-refractivity contribution in [2.24, 2.45) is 0 Å². The van der Waals surface area contributed by atoms with E-state index in [2.05, 4.69) is 10.3 Å². The van der Waals surface area contributed by atoms with Crippen molar-refractivity contribution in [3.63, 3.8) is 0 Å². The van der Waals surface area contributed by atoms with Gasteiger partial charge in [-0.2, -0.15) is 13.2 Å². The molecule has 0 bridgehead atoms. The van der Waals surface area contributed by atoms with Gasteiger partial charge in [0.15, 0.2) is 0 Å². The summed E-state index contributed by atoms with van der Waals surface area (Å²) >= 11 is 0. The fourth-order valence-corrected chi connectivity index (χ4v) is 2.17. The molecule has 1 aromatic carbocycles. The van der Waals surface area contributed by atoms with E-state index >= 15 is 0 Å². The molecule has 2 rings (SSSR count). The van der Waals surface area contributed by atoms with E-state index in [0.717, 1.165) is 13.0 Å². The number of nitrogens with zero attached hydrogens (tertiary/aromatic N) is 2. The lowest BCUT2D eigenvalue weighted by Gasteiger charge is -2.16. The summed E-state index contributed by atoms with van der Waals surface area (Å²) in [6.45, 7) is 4.90. The Morgan fingerprint density at radius 3 is 2.62 bits per heavy atom. The Morgan fingerprint density at radius 2 is 2.05 bits per heavy atom. The van der Waals surface area contributed by atoms with Crippen molar-refractivity contribution >= 4 is 0 Å². The second-order valence-corrected chi connectivity index (χ2v) is 4.87. The average molecular weight is 297 g/mol. The Morgan fingerprint density at radius 1 is 1.29 bits per heavy atom. The first-order valence-corrected chi connectivity index (χ1v) is 6.84. The molecule has 114 valence electrons. The number of hydrogen-bond donors (Lipinski definition) is 1. The van der Waals surface area contributed by atoms with Crippen molar-refractivity contribution in [1.29, 1.82) is 0 Å². The van der Waals surface area contributed by atoms with Crippen LogP contribution < -0.4 is 5.32 Å². The minimum atomic E-state index is -4.40. The number of nitrogens with one attached hydrogen (secondary N) is 1. The first-order valence-electron chi connectivity index (χ1n) is 6.84. The van der Waals surface area contributed by atoms with Gasteiger partial charge in [-0.3, -0.25) is 0 Å². The molecule has 0 aliphatic rings. The van der Waals surface area contributed by atoms with Crippen LogP contribution in [0.3, 0.4) is 0 Å². The van der Waals surface area contributed by atoms with Crippen molar-refractivity contribution in [3.05, 3.63) is 47.5 Å². The van der Waals surface area contributed by atoms with Crippen LogP contribution in [0.15, 0.2) is 30.6 Å². The first kappa shape index (κ1) is 15.6. The summed E-state index contributed by atoms with van der Waals surface area (Å²) in [7, 11) is 0. The number of alkyl halides is 3. The molecular weight excluding hydrogens is 279 g/mol. The summed E-state index contributed by atoms with van der Waals surface area (Å²) in [5.74, 6) is 0.525. The van der Waals surface area contributed by atoms with E-state index in [1.165, 1.54) is 29.1 Å². The first-order chi connectivity index (χ1) is 9.93. The number of aryl methyl sites for hydroxylation is 1. The van der Waals surface area contributed by atoms with Crippen molar-refractivity contribution in [2.75, 3.05) is 6.54 Å². The second-order valence-electron chi connectivity index (χ2n) is 4.87. The third-order valence-corrected chi connectivity index (χ3v) is 3.21. The van der Waals surface area contributed by atoms with Gasteiger partial charge in [0, 0.05) is 18.9 Å². The molecule has 6 heteroatoms. The van der Waals surface area contributed by atoms with E-state index in [0.29, 0.717) is 17.9 Å². The van der Waals surface area contributed by atoms with Crippen LogP contribution in [0.4, 0.5) is 13.2 Å². The molecular formula is C15H18F3N3. The van der Waals surface area contributed by atoms with Gasteiger partial charge >= 0.3 is 6.18 Å². The van der Waals surface area contributed by atoms with Crippen LogP contribution in [-0.2, 0) is 12.7 Å². The molecule has 1 aromatic heterocycles. The molecule has 0 aliphatic carbocycles. The zero-order valence-corrected chi connectivity index (χ0v) is 12.0. The minimum Gasteiger partial charge on any atom is -0.313 e. The van der Waals surface area contributed by atoms with Crippen molar-refractivity contribution in [2.45, 2.75) is 33.0 Å². The summed E-state index contributed by atoms with van der Waals surface area (Å²) < 4.78 is 41.3. The summed E-state index contributed by atoms with van der Waals surface area (Å²) in [6.07, 6.45) is -0.424. The number of benzene rings is 1. The predicted octanol–water partition coefficient (Wildman–Crippen LogP) is 3.70. The highest BCUT2D eigenvalue weighted by Crippen LogP contribution is 2.34. The Kier molecular flexibility index (Phi) is 4.67. The third-order valence-electron chi connectivity index (χ3n) is 3.21. The molecule has 0 saturated heterocycles. The maximum absolute atomic E-state index is 13.3. The molecule has 3 nitrogen and oxygen atoms in total. The number of rotatable bonds is 5. The van der Waals surface area contributed by atoms with Crippen molar-refractivity contribution in [1.82, 2.24) is 14.9 Å². The Hall–Kier alpha value is -1.82. The largest absolute Gasteiger partial charge is 0.418 e. The van der Waals surface area contributed by atoms with Gasteiger partial charge in [0.25, 0.3) is 0 Å². The van der Waals surface area contributed by atoms with E-state index in [4.69, 9.17) is 0 Å². The maximum atomic E-state index is 13.3. The highest BCUT2D eigenvalue weighted by Gasteiger charge is 2.34. The Labute approximate surface area is 121 Å². The van der Waals surface area contributed by atoms with E-state index in [9.17, 15) is 13.2 Å². The van der Waals surface area contributed by atoms with Gasteiger partial charge < -0.3 is 9.88 Å². The third kappa shape index (κ3) is 3.64. The van der Waals surface area contributed by atoms with Crippen LogP contribution in [0.5, 0.6) is 0 Å². The lowest BCUT2D eigenvalue weighted by molar-refractivity contribution is -0.137. The Balaban J connectivity index is 2.40. The van der Waals surface area contributed by atoms with Gasteiger partial charge in [0.2, 0.25) is 0 Å². The molecule has 0 aliphatic heterocycles. The number of halogens is 3. The molecule has 1 heterocycles. The van der Waals surface area contributed by atoms with Gasteiger partial charge in [-0.15, -0.1) is 0 Å². The smallest absolute Gasteiger partial charge is 0.313 e. The molecule has 0 spiro atoms. The quantitative estimate of drug-likeness (QED) is 0.853. The molecule has 0 fully saturated rings. The monoisotopic (exact) mass is 297 g/mol. The molecule has 0 amide bonds. The number of imidazole rings is 1. The number of aromatic nitrogens is 2. The molecule has 21 heavy (non-hydrogen) atoms. The van der Waals surface area contributed by atoms with Crippen LogP contribution in [-0.4, -0.2) is 16.1 Å². The Bertz CT molecular complexity index is 602. The van der Waals surface area contributed by atoms with Crippen LogP contribution >= 0.6 is 0 Å². The molecule has 0 radical (unpaired) electrons. The maximum Gasteiger partial charge on any atom is 0.418 e. The highest BCUT2D eigenvalue weighted by molar-refractivity contribution is 5.46. The van der Waals surface area contributed by atoms with Gasteiger partial charge in [-0.25, -0.2) is 4.98 Å². The van der Waals surface area contributed by atoms with Crippen molar-refractivity contribution in [3.8, 4) is 5.69 Å². The highest BCUT2D eigenvalue weighted by atomic mass is 19.4. The predicted molar refractivity (Wildman–Crippen MR) is 75.3 cm³/mol. The van der Waals surface area contributed by atoms with Gasteiger partial charge in [-0.05, 0) is 37.6 Å². The van der Waals surface area contributed by atoms with Gasteiger partial charge in [0.05, 0.1) is 11.3 Å². The van der Waals surface area contributed by atoms with Crippen LogP contribution in [0, 0.1) is 6.92 Å². The fourth-order valence-electron chi connectivity index (χ4n) is 2.17.